The Balaban J connectivity index is 1.79. The largest absolute Gasteiger partial charge is 0.472 e. The van der Waals surface area contributed by atoms with Gasteiger partial charge >= 0.3 is 6.09 Å². The van der Waals surface area contributed by atoms with Gasteiger partial charge in [-0.05, 0) is 12.5 Å². The number of carbonyl (C=O) groups is 1. The maximum Gasteiger partial charge on any atom is 0.407 e. The number of aromatic nitrogens is 2. The molecule has 0 radical (unpaired) electrons. The van der Waals surface area contributed by atoms with E-state index >= 15 is 0 Å². The Morgan fingerprint density at radius 2 is 2.17 bits per heavy atom. The molecule has 24 heavy (non-hydrogen) atoms. The molecule has 1 N–H and O–H groups in total. The van der Waals surface area contributed by atoms with Gasteiger partial charge in [-0.25, -0.2) is 14.8 Å². The molecule has 9 nitrogen and oxygen atoms in total. The second kappa shape index (κ2) is 6.49. The quantitative estimate of drug-likeness (QED) is 0.672. The molecular weight excluding hydrogens is 316 g/mol. The van der Waals surface area contributed by atoms with Gasteiger partial charge in [0, 0.05) is 18.2 Å². The summed E-state index contributed by atoms with van der Waals surface area (Å²) in [5.74, 6) is 0.336. The summed E-state index contributed by atoms with van der Waals surface area (Å²) in [5, 5.41) is 20.1. The van der Waals surface area contributed by atoms with Crippen molar-refractivity contribution in [3.63, 3.8) is 0 Å². The van der Waals surface area contributed by atoms with Crippen molar-refractivity contribution in [2.45, 2.75) is 19.6 Å². The molecule has 9 heteroatoms. The van der Waals surface area contributed by atoms with Crippen LogP contribution in [0.1, 0.15) is 16.8 Å². The SMILES string of the molecule is O=C(O)N1CCc2c(ncnc2OCc2ccccc2[N+](=O)[O-])C1. The molecule has 0 saturated heterocycles. The number of benzene rings is 1. The number of carboxylic acid groups (broad SMARTS) is 1. The standard InChI is InChI=1S/C15H14N4O5/c20-15(21)18-6-5-11-12(7-18)16-9-17-14(11)24-8-10-3-1-2-4-13(10)19(22)23/h1-4,9H,5-8H2,(H,20,21). The fraction of sp³-hybridized carbons (Fsp3) is 0.267. The molecule has 0 aliphatic carbocycles. The molecule has 0 atom stereocenters. The average Bonchev–Trinajstić information content (AvgIpc) is 2.59. The number of nitrogens with zero attached hydrogens (tertiary/aromatic N) is 4. The lowest BCUT2D eigenvalue weighted by molar-refractivity contribution is -0.385. The summed E-state index contributed by atoms with van der Waals surface area (Å²) in [6, 6.07) is 6.33. The van der Waals surface area contributed by atoms with Crippen molar-refractivity contribution in [2.75, 3.05) is 6.54 Å². The van der Waals surface area contributed by atoms with Crippen LogP contribution in [0.2, 0.25) is 0 Å². The summed E-state index contributed by atoms with van der Waals surface area (Å²) >= 11 is 0. The van der Waals surface area contributed by atoms with E-state index in [2.05, 4.69) is 9.97 Å². The normalized spacial score (nSPS) is 13.2. The van der Waals surface area contributed by atoms with Gasteiger partial charge < -0.3 is 14.7 Å². The first-order valence-electron chi connectivity index (χ1n) is 7.22. The lowest BCUT2D eigenvalue weighted by Gasteiger charge is -2.26. The van der Waals surface area contributed by atoms with E-state index in [1.54, 1.807) is 18.2 Å². The topological polar surface area (TPSA) is 119 Å². The lowest BCUT2D eigenvalue weighted by Crippen LogP contribution is -2.35. The molecule has 1 aromatic heterocycles. The Morgan fingerprint density at radius 1 is 1.38 bits per heavy atom. The molecule has 1 aromatic carbocycles. The predicted octanol–water partition coefficient (Wildman–Crippen LogP) is 2.00. The van der Waals surface area contributed by atoms with Gasteiger partial charge in [0.2, 0.25) is 5.88 Å². The zero-order valence-corrected chi connectivity index (χ0v) is 12.6. The van der Waals surface area contributed by atoms with Gasteiger partial charge in [-0.1, -0.05) is 12.1 Å². The van der Waals surface area contributed by atoms with Crippen LogP contribution in [0, 0.1) is 10.1 Å². The number of amides is 1. The summed E-state index contributed by atoms with van der Waals surface area (Å²) in [6.07, 6.45) is 0.745. The van der Waals surface area contributed by atoms with Crippen LogP contribution in [0.25, 0.3) is 0 Å². The van der Waals surface area contributed by atoms with Gasteiger partial charge in [0.1, 0.15) is 12.9 Å². The second-order valence-electron chi connectivity index (χ2n) is 5.23. The molecule has 3 rings (SSSR count). The van der Waals surface area contributed by atoms with Crippen LogP contribution in [0.5, 0.6) is 5.88 Å². The number of nitro groups is 1. The van der Waals surface area contributed by atoms with Crippen molar-refractivity contribution in [3.05, 3.63) is 57.5 Å². The van der Waals surface area contributed by atoms with Crippen LogP contribution in [-0.4, -0.2) is 37.5 Å². The van der Waals surface area contributed by atoms with Crippen molar-refractivity contribution in [1.29, 1.82) is 0 Å². The van der Waals surface area contributed by atoms with E-state index in [1.165, 1.54) is 17.3 Å². The van der Waals surface area contributed by atoms with E-state index in [0.29, 0.717) is 30.1 Å². The number of hydrogen-bond acceptors (Lipinski definition) is 6. The first-order valence-corrected chi connectivity index (χ1v) is 7.22. The Bertz CT molecular complexity index is 795. The highest BCUT2D eigenvalue weighted by molar-refractivity contribution is 5.65. The summed E-state index contributed by atoms with van der Waals surface area (Å²) < 4.78 is 5.66. The first-order chi connectivity index (χ1) is 11.6. The third kappa shape index (κ3) is 3.09. The van der Waals surface area contributed by atoms with E-state index in [9.17, 15) is 14.9 Å². The smallest absolute Gasteiger partial charge is 0.407 e. The fourth-order valence-corrected chi connectivity index (χ4v) is 2.57. The van der Waals surface area contributed by atoms with Crippen LogP contribution in [0.15, 0.2) is 30.6 Å². The van der Waals surface area contributed by atoms with Crippen molar-refractivity contribution < 1.29 is 19.6 Å². The summed E-state index contributed by atoms with van der Waals surface area (Å²) in [7, 11) is 0. The average molecular weight is 330 g/mol. The fourth-order valence-electron chi connectivity index (χ4n) is 2.57. The molecule has 2 aromatic rings. The summed E-state index contributed by atoms with van der Waals surface area (Å²) in [5.41, 5.74) is 1.76. The van der Waals surface area contributed by atoms with Gasteiger partial charge in [0.05, 0.1) is 22.7 Å². The molecule has 1 amide bonds. The third-order valence-corrected chi connectivity index (χ3v) is 3.79. The molecule has 0 unspecified atom stereocenters. The highest BCUT2D eigenvalue weighted by Gasteiger charge is 2.24. The van der Waals surface area contributed by atoms with E-state index in [4.69, 9.17) is 9.84 Å². The highest BCUT2D eigenvalue weighted by atomic mass is 16.6. The van der Waals surface area contributed by atoms with E-state index in [1.807, 2.05) is 0 Å². The molecule has 1 aliphatic rings. The minimum atomic E-state index is -0.998. The molecular formula is C15H14N4O5. The van der Waals surface area contributed by atoms with Crippen LogP contribution >= 0.6 is 0 Å². The van der Waals surface area contributed by atoms with E-state index < -0.39 is 11.0 Å². The van der Waals surface area contributed by atoms with Gasteiger partial charge in [0.15, 0.2) is 0 Å². The highest BCUT2D eigenvalue weighted by Crippen LogP contribution is 2.26. The van der Waals surface area contributed by atoms with Gasteiger partial charge in [-0.2, -0.15) is 0 Å². The monoisotopic (exact) mass is 330 g/mol. The second-order valence-corrected chi connectivity index (χ2v) is 5.23. The zero-order valence-electron chi connectivity index (χ0n) is 12.6. The number of ether oxygens (including phenoxy) is 1. The predicted molar refractivity (Wildman–Crippen MR) is 81.6 cm³/mol. The number of nitro benzene ring substituents is 1. The molecule has 0 bridgehead atoms. The van der Waals surface area contributed by atoms with Crippen LogP contribution in [-0.2, 0) is 19.6 Å². The molecule has 0 fully saturated rings. The van der Waals surface area contributed by atoms with Gasteiger partial charge in [-0.3, -0.25) is 10.1 Å². The Kier molecular flexibility index (Phi) is 4.23. The Hall–Kier alpha value is -3.23. The molecule has 0 spiro atoms. The first kappa shape index (κ1) is 15.7. The van der Waals surface area contributed by atoms with E-state index in [0.717, 1.165) is 5.56 Å². The summed E-state index contributed by atoms with van der Waals surface area (Å²) in [4.78, 5) is 31.1. The minimum Gasteiger partial charge on any atom is -0.472 e. The zero-order chi connectivity index (χ0) is 17.1. The maximum absolute atomic E-state index is 11.0. The number of hydrogen-bond donors (Lipinski definition) is 1. The minimum absolute atomic E-state index is 0.00323. The van der Waals surface area contributed by atoms with Crippen LogP contribution < -0.4 is 4.74 Å². The van der Waals surface area contributed by atoms with Gasteiger partial charge in [0.25, 0.3) is 5.69 Å². The number of para-hydroxylation sites is 1. The molecule has 124 valence electrons. The Labute approximate surface area is 136 Å². The van der Waals surface area contributed by atoms with Crippen molar-refractivity contribution in [3.8, 4) is 5.88 Å². The van der Waals surface area contributed by atoms with Gasteiger partial charge in [-0.15, -0.1) is 0 Å². The van der Waals surface area contributed by atoms with Crippen molar-refractivity contribution >= 4 is 11.8 Å². The molecule has 2 heterocycles. The van der Waals surface area contributed by atoms with Crippen LogP contribution in [0.4, 0.5) is 10.5 Å². The number of fused-ring (bicyclic) bond motifs is 1. The Morgan fingerprint density at radius 3 is 2.92 bits per heavy atom. The molecule has 0 saturated carbocycles. The maximum atomic E-state index is 11.0. The lowest BCUT2D eigenvalue weighted by atomic mass is 10.1. The third-order valence-electron chi connectivity index (χ3n) is 3.79. The number of rotatable bonds is 4. The molecule has 1 aliphatic heterocycles. The van der Waals surface area contributed by atoms with E-state index in [-0.39, 0.29) is 18.8 Å². The summed E-state index contributed by atoms with van der Waals surface area (Å²) in [6.45, 7) is 0.510. The van der Waals surface area contributed by atoms with Crippen molar-refractivity contribution in [2.24, 2.45) is 0 Å². The van der Waals surface area contributed by atoms with Crippen molar-refractivity contribution in [1.82, 2.24) is 14.9 Å². The van der Waals surface area contributed by atoms with Crippen LogP contribution in [0.3, 0.4) is 0 Å².